The molecular weight excluding hydrogens is 402 g/mol. The van der Waals surface area contributed by atoms with Gasteiger partial charge in [0.2, 0.25) is 0 Å². The molecule has 2 heterocycles. The molecule has 0 aliphatic carbocycles. The third kappa shape index (κ3) is 3.25. The van der Waals surface area contributed by atoms with E-state index in [4.69, 9.17) is 0 Å². The lowest BCUT2D eigenvalue weighted by Gasteiger charge is -2.09. The predicted octanol–water partition coefficient (Wildman–Crippen LogP) is 4.56. The highest BCUT2D eigenvalue weighted by Gasteiger charge is 2.35. The lowest BCUT2D eigenvalue weighted by atomic mass is 10.2. The molecule has 0 unspecified atom stereocenters. The first-order valence-corrected chi connectivity index (χ1v) is 9.16. The van der Waals surface area contributed by atoms with E-state index >= 15 is 0 Å². The molecule has 1 aliphatic rings. The second-order valence-corrected chi connectivity index (χ2v) is 7.43. The first-order chi connectivity index (χ1) is 12.1. The maximum atomic E-state index is 12.6. The predicted molar refractivity (Wildman–Crippen MR) is 102 cm³/mol. The van der Waals surface area contributed by atoms with Crippen LogP contribution in [-0.4, -0.2) is 26.0 Å². The number of carbonyl (C=O) groups is 2. The lowest BCUT2D eigenvalue weighted by Crippen LogP contribution is -2.28. The Morgan fingerprint density at radius 3 is 2.64 bits per heavy atom. The van der Waals surface area contributed by atoms with Gasteiger partial charge in [-0.2, -0.15) is 0 Å². The molecule has 1 saturated heterocycles. The minimum Gasteiger partial charge on any atom is -0.340 e. The van der Waals surface area contributed by atoms with Crippen molar-refractivity contribution in [1.82, 2.24) is 14.9 Å². The number of imide groups is 1. The Kier molecular flexibility index (Phi) is 4.19. The molecule has 2 aromatic carbocycles. The van der Waals surface area contributed by atoms with E-state index in [1.807, 2.05) is 48.5 Å². The molecular formula is C18H12BrN3O2S. The highest BCUT2D eigenvalue weighted by Crippen LogP contribution is 2.33. The summed E-state index contributed by atoms with van der Waals surface area (Å²) in [6.07, 6.45) is 1.73. The van der Waals surface area contributed by atoms with Crippen LogP contribution in [0.3, 0.4) is 0 Å². The summed E-state index contributed by atoms with van der Waals surface area (Å²) in [5.74, 6) is 0.298. The van der Waals surface area contributed by atoms with Gasteiger partial charge < -0.3 is 4.98 Å². The number of para-hydroxylation sites is 2. The third-order valence-electron chi connectivity index (χ3n) is 3.79. The summed E-state index contributed by atoms with van der Waals surface area (Å²) in [5.41, 5.74) is 2.57. The normalized spacial score (nSPS) is 16.4. The third-order valence-corrected chi connectivity index (χ3v) is 5.22. The smallest absolute Gasteiger partial charge is 0.293 e. The summed E-state index contributed by atoms with van der Waals surface area (Å²) >= 11 is 4.33. The standard InChI is InChI=1S/C18H12BrN3O2S/c19-12-7-5-11(6-8-12)9-15-17(23)22(18(24)25-15)10-16-20-13-3-1-2-4-14(13)21-16/h1-9H,10H2,(H,20,21)/b15-9+. The number of halogens is 1. The number of amides is 2. The molecule has 1 N–H and O–H groups in total. The van der Waals surface area contributed by atoms with Crippen molar-refractivity contribution in [1.29, 1.82) is 0 Å². The molecule has 0 atom stereocenters. The van der Waals surface area contributed by atoms with Crippen LogP contribution in [0.5, 0.6) is 0 Å². The second-order valence-electron chi connectivity index (χ2n) is 5.52. The summed E-state index contributed by atoms with van der Waals surface area (Å²) < 4.78 is 0.961. The Bertz CT molecular complexity index is 978. The molecule has 4 rings (SSSR count). The summed E-state index contributed by atoms with van der Waals surface area (Å²) in [5, 5.41) is -0.284. The average molecular weight is 414 g/mol. The molecule has 0 saturated carbocycles. The number of hydrogen-bond donors (Lipinski definition) is 1. The molecule has 0 spiro atoms. The summed E-state index contributed by atoms with van der Waals surface area (Å²) in [6.45, 7) is 0.136. The van der Waals surface area contributed by atoms with Gasteiger partial charge in [0.25, 0.3) is 11.1 Å². The van der Waals surface area contributed by atoms with Gasteiger partial charge in [-0.05, 0) is 47.7 Å². The fraction of sp³-hybridized carbons (Fsp3) is 0.0556. The van der Waals surface area contributed by atoms with Crippen LogP contribution in [0.1, 0.15) is 11.4 Å². The SMILES string of the molecule is O=C1S/C(=C/c2ccc(Br)cc2)C(=O)N1Cc1nc2ccccc2[nH]1. The Morgan fingerprint density at radius 2 is 1.88 bits per heavy atom. The molecule has 5 nitrogen and oxygen atoms in total. The summed E-state index contributed by atoms with van der Waals surface area (Å²) in [7, 11) is 0. The van der Waals surface area contributed by atoms with Crippen molar-refractivity contribution in [3.05, 3.63) is 69.3 Å². The first-order valence-electron chi connectivity index (χ1n) is 7.55. The Labute approximate surface area is 156 Å². The molecule has 2 amide bonds. The van der Waals surface area contributed by atoms with Gasteiger partial charge in [0, 0.05) is 4.47 Å². The van der Waals surface area contributed by atoms with Gasteiger partial charge in [-0.15, -0.1) is 0 Å². The lowest BCUT2D eigenvalue weighted by molar-refractivity contribution is -0.123. The maximum absolute atomic E-state index is 12.6. The number of aromatic nitrogens is 2. The van der Waals surface area contributed by atoms with E-state index in [0.717, 1.165) is 32.8 Å². The van der Waals surface area contributed by atoms with E-state index in [9.17, 15) is 9.59 Å². The molecule has 7 heteroatoms. The van der Waals surface area contributed by atoms with Gasteiger partial charge in [0.15, 0.2) is 0 Å². The maximum Gasteiger partial charge on any atom is 0.293 e. The Hall–Kier alpha value is -2.38. The zero-order valence-electron chi connectivity index (χ0n) is 12.9. The van der Waals surface area contributed by atoms with Gasteiger partial charge in [0.05, 0.1) is 22.5 Å². The molecule has 0 bridgehead atoms. The van der Waals surface area contributed by atoms with Crippen LogP contribution < -0.4 is 0 Å². The average Bonchev–Trinajstić information content (AvgIpc) is 3.13. The zero-order chi connectivity index (χ0) is 17.4. The van der Waals surface area contributed by atoms with Crippen LogP contribution in [-0.2, 0) is 11.3 Å². The number of nitrogens with zero attached hydrogens (tertiary/aromatic N) is 2. The number of imidazole rings is 1. The molecule has 25 heavy (non-hydrogen) atoms. The number of rotatable bonds is 3. The fourth-order valence-corrected chi connectivity index (χ4v) is 3.68. The number of carbonyl (C=O) groups excluding carboxylic acids is 2. The van der Waals surface area contributed by atoms with Crippen molar-refractivity contribution in [3.8, 4) is 0 Å². The van der Waals surface area contributed by atoms with Crippen molar-refractivity contribution in [2.24, 2.45) is 0 Å². The number of hydrogen-bond acceptors (Lipinski definition) is 4. The summed E-state index contributed by atoms with van der Waals surface area (Å²) in [4.78, 5) is 34.0. The largest absolute Gasteiger partial charge is 0.340 e. The Morgan fingerprint density at radius 1 is 1.12 bits per heavy atom. The topological polar surface area (TPSA) is 66.1 Å². The van der Waals surface area contributed by atoms with Crippen LogP contribution >= 0.6 is 27.7 Å². The van der Waals surface area contributed by atoms with E-state index < -0.39 is 0 Å². The van der Waals surface area contributed by atoms with E-state index in [0.29, 0.717) is 10.7 Å². The minimum absolute atomic E-state index is 0.136. The first kappa shape index (κ1) is 16.1. The molecule has 1 fully saturated rings. The number of thioether (sulfide) groups is 1. The van der Waals surface area contributed by atoms with Gasteiger partial charge >= 0.3 is 0 Å². The number of benzene rings is 2. The Balaban J connectivity index is 1.57. The molecule has 1 aromatic heterocycles. The monoisotopic (exact) mass is 413 g/mol. The van der Waals surface area contributed by atoms with Crippen molar-refractivity contribution < 1.29 is 9.59 Å². The summed E-state index contributed by atoms with van der Waals surface area (Å²) in [6, 6.07) is 15.2. The second kappa shape index (κ2) is 6.50. The van der Waals surface area contributed by atoms with E-state index in [-0.39, 0.29) is 17.7 Å². The number of aromatic amines is 1. The minimum atomic E-state index is -0.293. The van der Waals surface area contributed by atoms with Crippen LogP contribution in [0.4, 0.5) is 4.79 Å². The number of nitrogens with one attached hydrogen (secondary N) is 1. The highest BCUT2D eigenvalue weighted by molar-refractivity contribution is 9.10. The number of fused-ring (bicyclic) bond motifs is 1. The zero-order valence-corrected chi connectivity index (χ0v) is 15.3. The molecule has 124 valence electrons. The fourth-order valence-electron chi connectivity index (χ4n) is 2.58. The van der Waals surface area contributed by atoms with E-state index in [2.05, 4.69) is 25.9 Å². The van der Waals surface area contributed by atoms with Crippen molar-refractivity contribution >= 4 is 55.9 Å². The number of H-pyrrole nitrogens is 1. The van der Waals surface area contributed by atoms with E-state index in [1.165, 1.54) is 4.90 Å². The van der Waals surface area contributed by atoms with Crippen molar-refractivity contribution in [2.45, 2.75) is 6.54 Å². The van der Waals surface area contributed by atoms with Crippen LogP contribution in [0.25, 0.3) is 17.1 Å². The van der Waals surface area contributed by atoms with Crippen LogP contribution in [0.2, 0.25) is 0 Å². The van der Waals surface area contributed by atoms with Gasteiger partial charge in [0.1, 0.15) is 5.82 Å². The van der Waals surface area contributed by atoms with Gasteiger partial charge in [-0.3, -0.25) is 14.5 Å². The molecule has 0 radical (unpaired) electrons. The van der Waals surface area contributed by atoms with Crippen LogP contribution in [0.15, 0.2) is 57.9 Å². The van der Waals surface area contributed by atoms with Crippen LogP contribution in [0, 0.1) is 0 Å². The van der Waals surface area contributed by atoms with Gasteiger partial charge in [-0.25, -0.2) is 4.98 Å². The van der Waals surface area contributed by atoms with Gasteiger partial charge in [-0.1, -0.05) is 40.2 Å². The van der Waals surface area contributed by atoms with E-state index in [1.54, 1.807) is 6.08 Å². The molecule has 3 aromatic rings. The molecule has 1 aliphatic heterocycles. The van der Waals surface area contributed by atoms with Crippen molar-refractivity contribution in [3.63, 3.8) is 0 Å². The quantitative estimate of drug-likeness (QED) is 0.638. The highest BCUT2D eigenvalue weighted by atomic mass is 79.9. The van der Waals surface area contributed by atoms with Crippen molar-refractivity contribution in [2.75, 3.05) is 0 Å².